The fraction of sp³-hybridized carbons (Fsp3) is 0.209. The maximum Gasteiger partial charge on any atom is 0.124 e. The number of dihydropyridines is 1. The Bertz CT molecular complexity index is 2330. The zero-order valence-electron chi connectivity index (χ0n) is 26.6. The molecule has 1 saturated carbocycles. The molecule has 230 valence electrons. The third kappa shape index (κ3) is 4.07. The topological polar surface area (TPSA) is 25.1 Å². The summed E-state index contributed by atoms with van der Waals surface area (Å²) in [7, 11) is 0. The number of nitrogens with zero attached hydrogens (tertiary/aromatic N) is 3. The van der Waals surface area contributed by atoms with Crippen LogP contribution in [0.5, 0.6) is 0 Å². The zero-order chi connectivity index (χ0) is 30.9. The van der Waals surface area contributed by atoms with E-state index in [4.69, 9.17) is 0 Å². The van der Waals surface area contributed by atoms with E-state index in [0.717, 1.165) is 18.7 Å². The lowest BCUT2D eigenvalue weighted by atomic mass is 9.92. The van der Waals surface area contributed by atoms with Crippen LogP contribution in [0.3, 0.4) is 0 Å². The van der Waals surface area contributed by atoms with Crippen molar-refractivity contribution in [2.75, 3.05) is 4.90 Å². The van der Waals surface area contributed by atoms with Gasteiger partial charge in [0.05, 0.1) is 22.4 Å². The number of hydrogen-bond acceptors (Lipinski definition) is 2. The maximum absolute atomic E-state index is 4.07. The molecule has 0 spiro atoms. The SMILES string of the molecule is C1=CCc2c(n(C3=CC=CC(N4c5ccccc5Cc5ccc6c7ccccc7n(C7CCCCC7)c6c54)N3)c3ccccc23)C=C1. The minimum Gasteiger partial charge on any atom is -0.347 e. The van der Waals surface area contributed by atoms with Crippen LogP contribution in [-0.2, 0) is 12.8 Å². The van der Waals surface area contributed by atoms with Crippen LogP contribution in [0.1, 0.15) is 60.5 Å². The van der Waals surface area contributed by atoms with E-state index < -0.39 is 0 Å². The normalized spacial score (nSPS) is 19.0. The number of allylic oxidation sites excluding steroid dienone is 5. The predicted molar refractivity (Wildman–Crippen MR) is 197 cm³/mol. The Balaban J connectivity index is 1.18. The van der Waals surface area contributed by atoms with Gasteiger partial charge in [-0.2, -0.15) is 0 Å². The van der Waals surface area contributed by atoms with E-state index in [0.29, 0.717) is 6.04 Å². The molecule has 4 heterocycles. The number of anilines is 2. The summed E-state index contributed by atoms with van der Waals surface area (Å²) in [6, 6.07) is 32.3. The summed E-state index contributed by atoms with van der Waals surface area (Å²) in [5, 5.41) is 8.12. The number of benzene rings is 4. The standard InChI is InChI=1S/C43H38N4/c1-3-15-31(16-4-1)45-37-22-11-9-19-34(37)35-27-26-30-28-29-14-7-10-20-36(29)47(42(30)43(35)45)41-25-13-24-40(44-41)46-38-21-6-2-5-17-32(38)33-18-8-12-23-39(33)46/h2,5-14,18-27,31,41,44H,1,3-4,15-17,28H2. The molecule has 10 rings (SSSR count). The largest absolute Gasteiger partial charge is 0.347 e. The van der Waals surface area contributed by atoms with Crippen molar-refractivity contribution in [3.63, 3.8) is 0 Å². The number of fused-ring (bicyclic) bond motifs is 9. The Morgan fingerprint density at radius 2 is 1.49 bits per heavy atom. The van der Waals surface area contributed by atoms with Gasteiger partial charge in [-0.05, 0) is 72.4 Å². The lowest BCUT2D eigenvalue weighted by molar-refractivity contribution is 0.367. The summed E-state index contributed by atoms with van der Waals surface area (Å²) in [5.41, 5.74) is 12.1. The fourth-order valence-electron chi connectivity index (χ4n) is 8.93. The Morgan fingerprint density at radius 3 is 2.40 bits per heavy atom. The molecule has 2 aliphatic carbocycles. The monoisotopic (exact) mass is 610 g/mol. The molecule has 2 aliphatic heterocycles. The second-order valence-electron chi connectivity index (χ2n) is 13.6. The molecule has 2 aromatic heterocycles. The smallest absolute Gasteiger partial charge is 0.124 e. The first-order valence-corrected chi connectivity index (χ1v) is 17.4. The first-order chi connectivity index (χ1) is 23.3. The van der Waals surface area contributed by atoms with Gasteiger partial charge in [-0.3, -0.25) is 4.57 Å². The van der Waals surface area contributed by atoms with Crippen LogP contribution in [0.4, 0.5) is 11.4 Å². The average Bonchev–Trinajstić information content (AvgIpc) is 3.52. The number of aromatic nitrogens is 2. The number of hydrogen-bond donors (Lipinski definition) is 1. The summed E-state index contributed by atoms with van der Waals surface area (Å²) in [5.74, 6) is 1.10. The van der Waals surface area contributed by atoms with Crippen LogP contribution >= 0.6 is 0 Å². The third-order valence-electron chi connectivity index (χ3n) is 10.9. The lowest BCUT2D eigenvalue weighted by Crippen LogP contribution is -2.45. The van der Waals surface area contributed by atoms with E-state index in [1.807, 2.05) is 0 Å². The number of rotatable bonds is 3. The van der Waals surface area contributed by atoms with Crippen molar-refractivity contribution in [2.24, 2.45) is 0 Å². The van der Waals surface area contributed by atoms with Gasteiger partial charge in [0, 0.05) is 39.8 Å². The molecule has 6 aromatic rings. The van der Waals surface area contributed by atoms with E-state index in [9.17, 15) is 0 Å². The molecule has 4 aliphatic rings. The average molecular weight is 611 g/mol. The summed E-state index contributed by atoms with van der Waals surface area (Å²) in [6.07, 6.45) is 24.0. The third-order valence-corrected chi connectivity index (χ3v) is 10.9. The Hall–Kier alpha value is -5.22. The van der Waals surface area contributed by atoms with Crippen molar-refractivity contribution in [1.29, 1.82) is 0 Å². The van der Waals surface area contributed by atoms with Gasteiger partial charge >= 0.3 is 0 Å². The van der Waals surface area contributed by atoms with Crippen LogP contribution < -0.4 is 10.2 Å². The van der Waals surface area contributed by atoms with Crippen molar-refractivity contribution >= 4 is 56.0 Å². The Labute approximate surface area is 275 Å². The van der Waals surface area contributed by atoms with Crippen LogP contribution in [-0.4, -0.2) is 15.3 Å². The van der Waals surface area contributed by atoms with Crippen LogP contribution in [0.25, 0.3) is 44.6 Å². The van der Waals surface area contributed by atoms with Crippen molar-refractivity contribution in [2.45, 2.75) is 57.2 Å². The summed E-state index contributed by atoms with van der Waals surface area (Å²) in [4.78, 5) is 2.61. The summed E-state index contributed by atoms with van der Waals surface area (Å²) in [6.45, 7) is 0. The molecule has 0 amide bonds. The molecular formula is C43H38N4. The maximum atomic E-state index is 4.07. The Kier molecular flexibility index (Phi) is 6.12. The van der Waals surface area contributed by atoms with Gasteiger partial charge in [-0.1, -0.05) is 110 Å². The van der Waals surface area contributed by atoms with Gasteiger partial charge < -0.3 is 14.8 Å². The van der Waals surface area contributed by atoms with E-state index in [1.165, 1.54) is 98.6 Å². The van der Waals surface area contributed by atoms with Crippen molar-refractivity contribution in [3.8, 4) is 0 Å². The van der Waals surface area contributed by atoms with Crippen molar-refractivity contribution in [1.82, 2.24) is 14.5 Å². The molecular weight excluding hydrogens is 573 g/mol. The molecule has 0 radical (unpaired) electrons. The van der Waals surface area contributed by atoms with Gasteiger partial charge in [0.2, 0.25) is 0 Å². The molecule has 1 atom stereocenters. The minimum atomic E-state index is -0.0664. The summed E-state index contributed by atoms with van der Waals surface area (Å²) >= 11 is 0. The van der Waals surface area contributed by atoms with Gasteiger partial charge in [0.15, 0.2) is 0 Å². The van der Waals surface area contributed by atoms with Crippen LogP contribution in [0.2, 0.25) is 0 Å². The Morgan fingerprint density at radius 1 is 0.681 bits per heavy atom. The molecule has 4 heteroatoms. The molecule has 4 aromatic carbocycles. The highest BCUT2D eigenvalue weighted by Crippen LogP contribution is 2.49. The molecule has 0 saturated heterocycles. The van der Waals surface area contributed by atoms with E-state index >= 15 is 0 Å². The minimum absolute atomic E-state index is 0.0664. The molecule has 1 N–H and O–H groups in total. The molecule has 1 fully saturated rings. The fourth-order valence-corrected chi connectivity index (χ4v) is 8.93. The second kappa shape index (κ2) is 10.7. The van der Waals surface area contributed by atoms with Gasteiger partial charge in [-0.15, -0.1) is 0 Å². The molecule has 47 heavy (non-hydrogen) atoms. The van der Waals surface area contributed by atoms with Gasteiger partial charge in [0.1, 0.15) is 12.0 Å². The number of nitrogens with one attached hydrogen (secondary N) is 1. The van der Waals surface area contributed by atoms with Gasteiger partial charge in [-0.25, -0.2) is 0 Å². The summed E-state index contributed by atoms with van der Waals surface area (Å²) < 4.78 is 5.17. The highest BCUT2D eigenvalue weighted by atomic mass is 15.3. The van der Waals surface area contributed by atoms with Crippen LogP contribution in [0, 0.1) is 0 Å². The van der Waals surface area contributed by atoms with Crippen molar-refractivity contribution in [3.05, 3.63) is 144 Å². The highest BCUT2D eigenvalue weighted by molar-refractivity contribution is 6.14. The first kappa shape index (κ1) is 26.9. The molecule has 0 bridgehead atoms. The molecule has 4 nitrogen and oxygen atoms in total. The van der Waals surface area contributed by atoms with Gasteiger partial charge in [0.25, 0.3) is 0 Å². The van der Waals surface area contributed by atoms with E-state index in [-0.39, 0.29) is 6.17 Å². The highest BCUT2D eigenvalue weighted by Gasteiger charge is 2.34. The lowest BCUT2D eigenvalue weighted by Gasteiger charge is -2.41. The van der Waals surface area contributed by atoms with Crippen LogP contribution in [0.15, 0.2) is 121 Å². The van der Waals surface area contributed by atoms with E-state index in [2.05, 4.69) is 147 Å². The predicted octanol–water partition coefficient (Wildman–Crippen LogP) is 10.4. The first-order valence-electron chi connectivity index (χ1n) is 17.4. The zero-order valence-corrected chi connectivity index (χ0v) is 26.6. The second-order valence-corrected chi connectivity index (χ2v) is 13.6. The van der Waals surface area contributed by atoms with Crippen molar-refractivity contribution < 1.29 is 0 Å². The number of para-hydroxylation sites is 3. The molecule has 1 unspecified atom stereocenters. The quantitative estimate of drug-likeness (QED) is 0.216. The van der Waals surface area contributed by atoms with E-state index in [1.54, 1.807) is 0 Å².